The molecule has 1 aliphatic heterocycles. The van der Waals surface area contributed by atoms with Gasteiger partial charge in [0.25, 0.3) is 0 Å². The van der Waals surface area contributed by atoms with E-state index in [4.69, 9.17) is 11.6 Å². The summed E-state index contributed by atoms with van der Waals surface area (Å²) in [7, 11) is -3.66. The molecule has 1 unspecified atom stereocenters. The maximum atomic E-state index is 13.0. The topological polar surface area (TPSA) is 66.5 Å². The first-order valence-electron chi connectivity index (χ1n) is 9.58. The molecule has 0 aliphatic carbocycles. The molecule has 1 aliphatic rings. The maximum absolute atomic E-state index is 13.0. The molecular formula is C21H24BrClN2O3S. The number of amides is 1. The molecule has 1 fully saturated rings. The van der Waals surface area contributed by atoms with Crippen molar-refractivity contribution in [2.24, 2.45) is 5.92 Å². The van der Waals surface area contributed by atoms with E-state index in [1.807, 2.05) is 26.0 Å². The number of benzene rings is 2. The van der Waals surface area contributed by atoms with Crippen molar-refractivity contribution in [2.45, 2.75) is 38.0 Å². The molecule has 1 heterocycles. The number of hydrogen-bond donors (Lipinski definition) is 1. The van der Waals surface area contributed by atoms with E-state index in [1.165, 1.54) is 16.4 Å². The predicted octanol–water partition coefficient (Wildman–Crippen LogP) is 5.01. The largest absolute Gasteiger partial charge is 0.325 e. The van der Waals surface area contributed by atoms with Crippen LogP contribution in [-0.2, 0) is 21.2 Å². The van der Waals surface area contributed by atoms with Gasteiger partial charge in [-0.2, -0.15) is 4.31 Å². The molecule has 1 saturated heterocycles. The second kappa shape index (κ2) is 9.16. The van der Waals surface area contributed by atoms with Crippen LogP contribution in [0.3, 0.4) is 0 Å². The normalized spacial score (nSPS) is 17.9. The highest BCUT2D eigenvalue weighted by Gasteiger charge is 2.33. The van der Waals surface area contributed by atoms with Crippen LogP contribution in [0.15, 0.2) is 45.8 Å². The molecule has 3 rings (SSSR count). The van der Waals surface area contributed by atoms with Crippen LogP contribution in [-0.4, -0.2) is 31.7 Å². The fourth-order valence-corrected chi connectivity index (χ4v) is 5.90. The summed E-state index contributed by atoms with van der Waals surface area (Å²) in [5.41, 5.74) is 2.84. The van der Waals surface area contributed by atoms with Gasteiger partial charge in [0.15, 0.2) is 0 Å². The lowest BCUT2D eigenvalue weighted by atomic mass is 9.98. The Morgan fingerprint density at radius 3 is 2.62 bits per heavy atom. The van der Waals surface area contributed by atoms with Crippen molar-refractivity contribution in [3.8, 4) is 0 Å². The van der Waals surface area contributed by atoms with Gasteiger partial charge in [-0.15, -0.1) is 0 Å². The summed E-state index contributed by atoms with van der Waals surface area (Å²) in [5, 5.41) is 3.53. The molecule has 1 atom stereocenters. The highest BCUT2D eigenvalue weighted by atomic mass is 79.9. The smallest absolute Gasteiger partial charge is 0.243 e. The van der Waals surface area contributed by atoms with Crippen LogP contribution in [0.2, 0.25) is 5.02 Å². The molecule has 1 amide bonds. The second-order valence-electron chi connectivity index (χ2n) is 7.26. The van der Waals surface area contributed by atoms with Crippen LogP contribution < -0.4 is 5.32 Å². The third-order valence-electron chi connectivity index (χ3n) is 5.22. The minimum absolute atomic E-state index is 0.138. The van der Waals surface area contributed by atoms with Crippen molar-refractivity contribution in [3.63, 3.8) is 0 Å². The number of carbonyl (C=O) groups is 1. The van der Waals surface area contributed by atoms with Gasteiger partial charge in [-0.25, -0.2) is 8.42 Å². The zero-order valence-corrected chi connectivity index (χ0v) is 19.6. The Labute approximate surface area is 185 Å². The third-order valence-corrected chi connectivity index (χ3v) is 7.81. The van der Waals surface area contributed by atoms with E-state index >= 15 is 0 Å². The molecule has 156 valence electrons. The van der Waals surface area contributed by atoms with Gasteiger partial charge in [-0.05, 0) is 73.7 Å². The van der Waals surface area contributed by atoms with Gasteiger partial charge in [-0.1, -0.05) is 34.5 Å². The number of aryl methyl sites for hydroxylation is 2. The first-order valence-corrected chi connectivity index (χ1v) is 12.2. The van der Waals surface area contributed by atoms with E-state index in [0.29, 0.717) is 24.4 Å². The van der Waals surface area contributed by atoms with Crippen LogP contribution in [0.4, 0.5) is 5.69 Å². The summed E-state index contributed by atoms with van der Waals surface area (Å²) in [6.45, 7) is 4.58. The number of carbonyl (C=O) groups excluding carboxylic acids is 1. The second-order valence-corrected chi connectivity index (χ2v) is 10.5. The van der Waals surface area contributed by atoms with Crippen molar-refractivity contribution in [1.29, 1.82) is 0 Å². The van der Waals surface area contributed by atoms with E-state index in [9.17, 15) is 13.2 Å². The number of anilines is 1. The maximum Gasteiger partial charge on any atom is 0.243 e. The monoisotopic (exact) mass is 498 g/mol. The first-order chi connectivity index (χ1) is 13.7. The Kier molecular flexibility index (Phi) is 7.04. The van der Waals surface area contributed by atoms with Gasteiger partial charge in [0.05, 0.1) is 10.8 Å². The number of rotatable bonds is 5. The molecule has 0 radical (unpaired) electrons. The van der Waals surface area contributed by atoms with Crippen LogP contribution >= 0.6 is 27.5 Å². The molecule has 0 spiro atoms. The summed E-state index contributed by atoms with van der Waals surface area (Å²) in [6.07, 6.45) is 2.10. The number of sulfonamides is 1. The molecule has 0 bridgehead atoms. The Hall–Kier alpha value is -1.41. The highest BCUT2D eigenvalue weighted by molar-refractivity contribution is 9.10. The summed E-state index contributed by atoms with van der Waals surface area (Å²) in [5.74, 6) is -0.528. The van der Waals surface area contributed by atoms with Gasteiger partial charge < -0.3 is 5.32 Å². The summed E-state index contributed by atoms with van der Waals surface area (Å²) in [6, 6.07) is 10.1. The summed E-state index contributed by atoms with van der Waals surface area (Å²) < 4.78 is 28.3. The lowest BCUT2D eigenvalue weighted by Crippen LogP contribution is -2.43. The van der Waals surface area contributed by atoms with Gasteiger partial charge in [0.2, 0.25) is 15.9 Å². The average molecular weight is 500 g/mol. The van der Waals surface area contributed by atoms with Gasteiger partial charge in [0, 0.05) is 28.3 Å². The minimum Gasteiger partial charge on any atom is -0.325 e. The fraction of sp³-hybridized carbons (Fsp3) is 0.381. The van der Waals surface area contributed by atoms with Gasteiger partial charge in [-0.3, -0.25) is 4.79 Å². The summed E-state index contributed by atoms with van der Waals surface area (Å²) >= 11 is 9.36. The Morgan fingerprint density at radius 1 is 1.28 bits per heavy atom. The van der Waals surface area contributed by atoms with E-state index in [2.05, 4.69) is 21.2 Å². The Balaban J connectivity index is 1.77. The van der Waals surface area contributed by atoms with Gasteiger partial charge in [0.1, 0.15) is 0 Å². The molecule has 2 aromatic rings. The molecule has 2 aromatic carbocycles. The molecule has 5 nitrogen and oxygen atoms in total. The average Bonchev–Trinajstić information content (AvgIpc) is 2.70. The van der Waals surface area contributed by atoms with Crippen molar-refractivity contribution >= 4 is 49.1 Å². The Morgan fingerprint density at radius 2 is 1.97 bits per heavy atom. The van der Waals surface area contributed by atoms with E-state index in [-0.39, 0.29) is 17.3 Å². The highest BCUT2D eigenvalue weighted by Crippen LogP contribution is 2.29. The molecule has 0 aromatic heterocycles. The zero-order valence-electron chi connectivity index (χ0n) is 16.4. The summed E-state index contributed by atoms with van der Waals surface area (Å²) in [4.78, 5) is 13.2. The quantitative estimate of drug-likeness (QED) is 0.629. The van der Waals surface area contributed by atoms with Crippen molar-refractivity contribution < 1.29 is 13.2 Å². The number of hydrogen-bond acceptors (Lipinski definition) is 3. The minimum atomic E-state index is -3.66. The van der Waals surface area contributed by atoms with E-state index in [1.54, 1.807) is 12.1 Å². The predicted molar refractivity (Wildman–Crippen MR) is 120 cm³/mol. The first kappa shape index (κ1) is 22.3. The number of nitrogens with one attached hydrogen (secondary N) is 1. The molecule has 1 N–H and O–H groups in total. The molecular weight excluding hydrogens is 476 g/mol. The van der Waals surface area contributed by atoms with Crippen LogP contribution in [0.25, 0.3) is 0 Å². The standard InChI is InChI=1S/C21H24BrClN2O3S/c1-3-15-12-17(22)11-14(2)20(15)24-21(26)16-5-4-10-25(13-16)29(27,28)19-8-6-18(23)7-9-19/h6-9,11-12,16H,3-5,10,13H2,1-2H3,(H,24,26). The number of halogens is 2. The van der Waals surface area contributed by atoms with Crippen LogP contribution in [0.5, 0.6) is 0 Å². The van der Waals surface area contributed by atoms with Crippen LogP contribution in [0, 0.1) is 12.8 Å². The number of nitrogens with zero attached hydrogens (tertiary/aromatic N) is 1. The Bertz CT molecular complexity index is 1010. The van der Waals surface area contributed by atoms with Crippen molar-refractivity contribution in [3.05, 3.63) is 57.0 Å². The van der Waals surface area contributed by atoms with Crippen LogP contribution in [0.1, 0.15) is 30.9 Å². The van der Waals surface area contributed by atoms with E-state index in [0.717, 1.165) is 27.7 Å². The van der Waals surface area contributed by atoms with Crippen molar-refractivity contribution in [1.82, 2.24) is 4.31 Å². The third kappa shape index (κ3) is 5.02. The van der Waals surface area contributed by atoms with E-state index < -0.39 is 15.9 Å². The number of piperidine rings is 1. The SMILES string of the molecule is CCc1cc(Br)cc(C)c1NC(=O)C1CCCN(S(=O)(=O)c2ccc(Cl)cc2)C1. The molecule has 0 saturated carbocycles. The van der Waals surface area contributed by atoms with Gasteiger partial charge >= 0.3 is 0 Å². The lowest BCUT2D eigenvalue weighted by molar-refractivity contribution is -0.120. The lowest BCUT2D eigenvalue weighted by Gasteiger charge is -2.31. The fourth-order valence-electron chi connectivity index (χ4n) is 3.63. The molecule has 8 heteroatoms. The molecule has 29 heavy (non-hydrogen) atoms. The van der Waals surface area contributed by atoms with Crippen molar-refractivity contribution in [2.75, 3.05) is 18.4 Å². The zero-order chi connectivity index (χ0) is 21.2.